The Bertz CT molecular complexity index is 630. The summed E-state index contributed by atoms with van der Waals surface area (Å²) in [6.45, 7) is 4.22. The maximum absolute atomic E-state index is 6.26. The number of hydrogen-bond donors (Lipinski definition) is 2. The van der Waals surface area contributed by atoms with E-state index in [4.69, 9.17) is 16.3 Å². The molecule has 0 bridgehead atoms. The van der Waals surface area contributed by atoms with Gasteiger partial charge in [-0.2, -0.15) is 11.8 Å². The monoisotopic (exact) mass is 538 g/mol. The van der Waals surface area contributed by atoms with Gasteiger partial charge < -0.3 is 15.4 Å². The van der Waals surface area contributed by atoms with E-state index in [1.165, 1.54) is 24.8 Å². The molecule has 1 aliphatic carbocycles. The molecule has 2 N–H and O–H groups in total. The third-order valence-corrected chi connectivity index (χ3v) is 6.79. The van der Waals surface area contributed by atoms with Gasteiger partial charge in [0.15, 0.2) is 5.96 Å². The number of guanidine groups is 1. The summed E-state index contributed by atoms with van der Waals surface area (Å²) in [5.74, 6) is 0.891. The minimum absolute atomic E-state index is 0. The highest BCUT2D eigenvalue weighted by Crippen LogP contribution is 2.28. The molecule has 0 radical (unpaired) electrons. The molecule has 1 aromatic rings. The molecular formula is C20H32ClIN4OS. The lowest BCUT2D eigenvalue weighted by molar-refractivity contribution is 0.0170. The van der Waals surface area contributed by atoms with Crippen LogP contribution in [0.15, 0.2) is 29.3 Å². The molecule has 2 fully saturated rings. The highest BCUT2D eigenvalue weighted by Gasteiger charge is 2.26. The minimum atomic E-state index is 0. The Morgan fingerprint density at radius 3 is 2.79 bits per heavy atom. The van der Waals surface area contributed by atoms with Gasteiger partial charge in [-0.15, -0.1) is 24.0 Å². The van der Waals surface area contributed by atoms with Crippen molar-refractivity contribution in [3.05, 3.63) is 34.9 Å². The molecule has 3 atom stereocenters. The Morgan fingerprint density at radius 2 is 2.14 bits per heavy atom. The number of thioether (sulfide) groups is 1. The van der Waals surface area contributed by atoms with Gasteiger partial charge in [0.05, 0.1) is 19.3 Å². The fourth-order valence-electron chi connectivity index (χ4n) is 3.93. The van der Waals surface area contributed by atoms with E-state index >= 15 is 0 Å². The number of nitrogens with zero attached hydrogens (tertiary/aromatic N) is 2. The van der Waals surface area contributed by atoms with Gasteiger partial charge in [0.25, 0.3) is 0 Å². The predicted octanol–water partition coefficient (Wildman–Crippen LogP) is 3.78. The lowest BCUT2D eigenvalue weighted by atomic mass is 10.0. The molecule has 1 aromatic carbocycles. The number of aliphatic imine (C=N–C) groups is 1. The van der Waals surface area contributed by atoms with Gasteiger partial charge in [-0.1, -0.05) is 23.7 Å². The molecule has 1 saturated heterocycles. The molecule has 158 valence electrons. The summed E-state index contributed by atoms with van der Waals surface area (Å²) in [4.78, 5) is 6.92. The molecule has 1 aliphatic heterocycles. The highest BCUT2D eigenvalue weighted by atomic mass is 127. The number of rotatable bonds is 6. The van der Waals surface area contributed by atoms with Gasteiger partial charge >= 0.3 is 0 Å². The van der Waals surface area contributed by atoms with Crippen LogP contribution in [0.5, 0.6) is 0 Å². The third-order valence-electron chi connectivity index (χ3n) is 5.47. The van der Waals surface area contributed by atoms with E-state index in [0.717, 1.165) is 49.1 Å². The Balaban J connectivity index is 0.00000280. The van der Waals surface area contributed by atoms with Crippen LogP contribution in [-0.4, -0.2) is 68.3 Å². The second-order valence-electron chi connectivity index (χ2n) is 7.18. The zero-order valence-electron chi connectivity index (χ0n) is 16.7. The Morgan fingerprint density at radius 1 is 1.36 bits per heavy atom. The molecule has 2 aliphatic rings. The largest absolute Gasteiger partial charge is 0.379 e. The van der Waals surface area contributed by atoms with Crippen molar-refractivity contribution in [1.82, 2.24) is 15.5 Å². The summed E-state index contributed by atoms with van der Waals surface area (Å²) in [6.07, 6.45) is 5.92. The topological polar surface area (TPSA) is 48.9 Å². The van der Waals surface area contributed by atoms with Gasteiger partial charge in [0.1, 0.15) is 0 Å². The van der Waals surface area contributed by atoms with Gasteiger partial charge in [0.2, 0.25) is 0 Å². The van der Waals surface area contributed by atoms with Gasteiger partial charge in [-0.3, -0.25) is 9.89 Å². The molecule has 0 aromatic heterocycles. The van der Waals surface area contributed by atoms with Crippen molar-refractivity contribution >= 4 is 53.3 Å². The van der Waals surface area contributed by atoms with Gasteiger partial charge in [-0.25, -0.2) is 0 Å². The highest BCUT2D eigenvalue weighted by molar-refractivity contribution is 14.0. The first kappa shape index (κ1) is 24.1. The van der Waals surface area contributed by atoms with E-state index in [1.54, 1.807) is 0 Å². The predicted molar refractivity (Wildman–Crippen MR) is 131 cm³/mol. The minimum Gasteiger partial charge on any atom is -0.379 e. The molecule has 3 unspecified atom stereocenters. The van der Waals surface area contributed by atoms with Crippen LogP contribution in [0.1, 0.15) is 30.9 Å². The Hall–Kier alpha value is -0.220. The number of halogens is 2. The molecular weight excluding hydrogens is 507 g/mol. The van der Waals surface area contributed by atoms with Crippen LogP contribution in [0.4, 0.5) is 0 Å². The molecule has 1 heterocycles. The van der Waals surface area contributed by atoms with Gasteiger partial charge in [-0.05, 0) is 43.2 Å². The fraction of sp³-hybridized carbons (Fsp3) is 0.650. The maximum atomic E-state index is 6.26. The van der Waals surface area contributed by atoms with E-state index in [9.17, 15) is 0 Å². The first-order chi connectivity index (χ1) is 13.2. The normalized spacial score (nSPS) is 24.5. The van der Waals surface area contributed by atoms with E-state index in [2.05, 4.69) is 38.9 Å². The summed E-state index contributed by atoms with van der Waals surface area (Å²) in [5.41, 5.74) is 1.23. The van der Waals surface area contributed by atoms with E-state index in [1.807, 2.05) is 30.9 Å². The standard InChI is InChI=1S/C20H31ClN4OS.HI/c1-22-20(24-17-6-7-18(13-17)27-2)23-14-19(25-8-10-26-11-9-25)15-4-3-5-16(21)12-15;/h3-5,12,17-19H,6-11,13-14H2,1-2H3,(H2,22,23,24);1H. The van der Waals surface area contributed by atoms with E-state index in [-0.39, 0.29) is 30.0 Å². The maximum Gasteiger partial charge on any atom is 0.191 e. The van der Waals surface area contributed by atoms with Crippen molar-refractivity contribution < 1.29 is 4.74 Å². The van der Waals surface area contributed by atoms with Crippen LogP contribution in [0.3, 0.4) is 0 Å². The molecule has 1 saturated carbocycles. The number of morpholine rings is 1. The van der Waals surface area contributed by atoms with Crippen molar-refractivity contribution in [2.24, 2.45) is 4.99 Å². The van der Waals surface area contributed by atoms with E-state index < -0.39 is 0 Å². The molecule has 0 amide bonds. The number of benzene rings is 1. The van der Waals surface area contributed by atoms with Crippen LogP contribution < -0.4 is 10.6 Å². The van der Waals surface area contributed by atoms with Crippen LogP contribution in [-0.2, 0) is 4.74 Å². The van der Waals surface area contributed by atoms with Crippen LogP contribution >= 0.6 is 47.3 Å². The molecule has 28 heavy (non-hydrogen) atoms. The van der Waals surface area contributed by atoms with Crippen LogP contribution in [0, 0.1) is 0 Å². The van der Waals surface area contributed by atoms with E-state index in [0.29, 0.717) is 6.04 Å². The molecule has 3 rings (SSSR count). The summed E-state index contributed by atoms with van der Waals surface area (Å²) in [7, 11) is 1.85. The van der Waals surface area contributed by atoms with Crippen LogP contribution in [0.2, 0.25) is 5.02 Å². The van der Waals surface area contributed by atoms with Gasteiger partial charge in [0, 0.05) is 43.0 Å². The Kier molecular flexibility index (Phi) is 10.7. The average Bonchev–Trinajstić information content (AvgIpc) is 3.16. The third kappa shape index (κ3) is 6.93. The van der Waals surface area contributed by atoms with Crippen molar-refractivity contribution in [3.63, 3.8) is 0 Å². The van der Waals surface area contributed by atoms with Crippen molar-refractivity contribution in [2.75, 3.05) is 46.2 Å². The number of nitrogens with one attached hydrogen (secondary N) is 2. The van der Waals surface area contributed by atoms with Crippen LogP contribution in [0.25, 0.3) is 0 Å². The second-order valence-corrected chi connectivity index (χ2v) is 8.76. The average molecular weight is 539 g/mol. The quantitative estimate of drug-likeness (QED) is 0.328. The lowest BCUT2D eigenvalue weighted by Gasteiger charge is -2.35. The molecule has 5 nitrogen and oxygen atoms in total. The van der Waals surface area contributed by atoms with Crippen molar-refractivity contribution in [1.29, 1.82) is 0 Å². The Labute approximate surface area is 195 Å². The fourth-order valence-corrected chi connectivity index (χ4v) is 4.92. The number of hydrogen-bond acceptors (Lipinski definition) is 4. The molecule has 0 spiro atoms. The van der Waals surface area contributed by atoms with Crippen molar-refractivity contribution in [2.45, 2.75) is 36.6 Å². The lowest BCUT2D eigenvalue weighted by Crippen LogP contribution is -2.48. The second kappa shape index (κ2) is 12.5. The zero-order valence-corrected chi connectivity index (χ0v) is 20.6. The summed E-state index contributed by atoms with van der Waals surface area (Å²) < 4.78 is 5.54. The summed E-state index contributed by atoms with van der Waals surface area (Å²) >= 11 is 8.23. The molecule has 8 heteroatoms. The van der Waals surface area contributed by atoms with Crippen molar-refractivity contribution in [3.8, 4) is 0 Å². The summed E-state index contributed by atoms with van der Waals surface area (Å²) in [5, 5.41) is 8.71. The number of ether oxygens (including phenoxy) is 1. The SMILES string of the molecule is CN=C(NCC(c1cccc(Cl)c1)N1CCOCC1)NC1CCC(SC)C1.I. The smallest absolute Gasteiger partial charge is 0.191 e. The first-order valence-electron chi connectivity index (χ1n) is 9.77. The summed E-state index contributed by atoms with van der Waals surface area (Å²) in [6, 6.07) is 8.94. The first-order valence-corrected chi connectivity index (χ1v) is 11.4. The zero-order chi connectivity index (χ0) is 19.1.